The van der Waals surface area contributed by atoms with E-state index in [1.54, 1.807) is 36.4 Å². The van der Waals surface area contributed by atoms with Crippen LogP contribution in [-0.2, 0) is 4.79 Å². The first-order chi connectivity index (χ1) is 9.56. The Morgan fingerprint density at radius 3 is 2.00 bits per heavy atom. The molecule has 0 aliphatic carbocycles. The molecule has 0 aliphatic heterocycles. The third-order valence-electron chi connectivity index (χ3n) is 2.61. The Kier molecular flexibility index (Phi) is 4.00. The van der Waals surface area contributed by atoms with Gasteiger partial charge in [0.1, 0.15) is 5.75 Å². The van der Waals surface area contributed by atoms with E-state index in [0.29, 0.717) is 11.4 Å². The molecule has 0 saturated carbocycles. The highest BCUT2D eigenvalue weighted by Gasteiger charge is 2.10. The van der Waals surface area contributed by atoms with Gasteiger partial charge in [-0.25, -0.2) is 0 Å². The summed E-state index contributed by atoms with van der Waals surface area (Å²) in [5.74, 6) is -0.619. The number of carbonyl (C=O) groups excluding carboxylic acids is 2. The molecular weight excluding hydrogens is 256 g/mol. The van der Waals surface area contributed by atoms with Gasteiger partial charge in [0.15, 0.2) is 0 Å². The minimum Gasteiger partial charge on any atom is -0.507 e. The molecule has 2 aromatic rings. The van der Waals surface area contributed by atoms with Gasteiger partial charge in [0.2, 0.25) is 5.91 Å². The number of hydrogen-bond acceptors (Lipinski definition) is 3. The first kappa shape index (κ1) is 13.6. The summed E-state index contributed by atoms with van der Waals surface area (Å²) in [6.45, 7) is 1.42. The maximum absolute atomic E-state index is 12.0. The Bertz CT molecular complexity index is 636. The monoisotopic (exact) mass is 270 g/mol. The van der Waals surface area contributed by atoms with Crippen molar-refractivity contribution >= 4 is 23.2 Å². The molecule has 0 spiro atoms. The van der Waals surface area contributed by atoms with Gasteiger partial charge in [-0.3, -0.25) is 9.59 Å². The standard InChI is InChI=1S/C15H14N2O3/c1-10(18)16-11-6-8-12(9-7-11)17-15(20)13-4-2-3-5-14(13)19/h2-9,19H,1H3,(H,16,18)(H,17,20). The average molecular weight is 270 g/mol. The van der Waals surface area contributed by atoms with Crippen molar-refractivity contribution in [2.45, 2.75) is 6.92 Å². The van der Waals surface area contributed by atoms with Crippen LogP contribution in [0.25, 0.3) is 0 Å². The molecule has 0 atom stereocenters. The second-order valence-corrected chi connectivity index (χ2v) is 4.23. The minimum absolute atomic E-state index is 0.0696. The van der Waals surface area contributed by atoms with Crippen LogP contribution in [0.4, 0.5) is 11.4 Å². The zero-order chi connectivity index (χ0) is 14.5. The van der Waals surface area contributed by atoms with Crippen molar-refractivity contribution in [3.8, 4) is 5.75 Å². The number of phenols is 1. The normalized spacial score (nSPS) is 9.85. The molecule has 5 heteroatoms. The molecule has 102 valence electrons. The summed E-state index contributed by atoms with van der Waals surface area (Å²) in [4.78, 5) is 22.8. The molecule has 0 heterocycles. The fourth-order valence-corrected chi connectivity index (χ4v) is 1.70. The second kappa shape index (κ2) is 5.88. The molecule has 2 aromatic carbocycles. The van der Waals surface area contributed by atoms with Crippen LogP contribution < -0.4 is 10.6 Å². The maximum atomic E-state index is 12.0. The molecule has 2 rings (SSSR count). The largest absolute Gasteiger partial charge is 0.507 e. The molecule has 0 radical (unpaired) electrons. The average Bonchev–Trinajstić information content (AvgIpc) is 2.41. The van der Waals surface area contributed by atoms with E-state index in [1.807, 2.05) is 0 Å². The quantitative estimate of drug-likeness (QED) is 0.802. The molecule has 0 saturated heterocycles. The highest BCUT2D eigenvalue weighted by atomic mass is 16.3. The highest BCUT2D eigenvalue weighted by Crippen LogP contribution is 2.19. The van der Waals surface area contributed by atoms with Gasteiger partial charge in [-0.1, -0.05) is 12.1 Å². The van der Waals surface area contributed by atoms with Crippen molar-refractivity contribution in [3.05, 3.63) is 54.1 Å². The third kappa shape index (κ3) is 3.35. The summed E-state index contributed by atoms with van der Waals surface area (Å²) >= 11 is 0. The van der Waals surface area contributed by atoms with E-state index in [-0.39, 0.29) is 17.2 Å². The zero-order valence-corrected chi connectivity index (χ0v) is 10.9. The molecule has 2 amide bonds. The van der Waals surface area contributed by atoms with Gasteiger partial charge < -0.3 is 15.7 Å². The first-order valence-corrected chi connectivity index (χ1v) is 6.03. The summed E-state index contributed by atoms with van der Waals surface area (Å²) in [5, 5.41) is 14.9. The number of benzene rings is 2. The van der Waals surface area contributed by atoms with E-state index < -0.39 is 5.91 Å². The molecule has 3 N–H and O–H groups in total. The van der Waals surface area contributed by atoms with Gasteiger partial charge >= 0.3 is 0 Å². The topological polar surface area (TPSA) is 78.4 Å². The lowest BCUT2D eigenvalue weighted by Crippen LogP contribution is -2.12. The predicted octanol–water partition coefficient (Wildman–Crippen LogP) is 2.60. The van der Waals surface area contributed by atoms with E-state index in [1.165, 1.54) is 19.1 Å². The molecule has 0 aliphatic rings. The molecule has 5 nitrogen and oxygen atoms in total. The van der Waals surface area contributed by atoms with Crippen LogP contribution in [0.3, 0.4) is 0 Å². The molecule has 0 bridgehead atoms. The van der Waals surface area contributed by atoms with E-state index in [0.717, 1.165) is 0 Å². The van der Waals surface area contributed by atoms with Crippen molar-refractivity contribution < 1.29 is 14.7 Å². The second-order valence-electron chi connectivity index (χ2n) is 4.23. The van der Waals surface area contributed by atoms with Crippen LogP contribution in [0.2, 0.25) is 0 Å². The Morgan fingerprint density at radius 2 is 1.45 bits per heavy atom. The number of phenolic OH excluding ortho intramolecular Hbond substituents is 1. The molecule has 0 fully saturated rings. The maximum Gasteiger partial charge on any atom is 0.259 e. The number of hydrogen-bond donors (Lipinski definition) is 3. The number of nitrogens with one attached hydrogen (secondary N) is 2. The number of para-hydroxylation sites is 1. The van der Waals surface area contributed by atoms with Crippen molar-refractivity contribution in [2.75, 3.05) is 10.6 Å². The van der Waals surface area contributed by atoms with Gasteiger partial charge in [0.25, 0.3) is 5.91 Å². The van der Waals surface area contributed by atoms with Crippen LogP contribution in [0, 0.1) is 0 Å². The Hall–Kier alpha value is -2.82. The fraction of sp³-hybridized carbons (Fsp3) is 0.0667. The smallest absolute Gasteiger partial charge is 0.259 e. The number of amides is 2. The summed E-state index contributed by atoms with van der Waals surface area (Å²) < 4.78 is 0. The van der Waals surface area contributed by atoms with Gasteiger partial charge in [0, 0.05) is 18.3 Å². The first-order valence-electron chi connectivity index (χ1n) is 6.03. The molecule has 0 unspecified atom stereocenters. The number of carbonyl (C=O) groups is 2. The van der Waals surface area contributed by atoms with Gasteiger partial charge in [-0.2, -0.15) is 0 Å². The van der Waals surface area contributed by atoms with Gasteiger partial charge in [-0.15, -0.1) is 0 Å². The predicted molar refractivity (Wildman–Crippen MR) is 76.8 cm³/mol. The van der Waals surface area contributed by atoms with E-state index >= 15 is 0 Å². The number of anilines is 2. The summed E-state index contributed by atoms with van der Waals surface area (Å²) in [6.07, 6.45) is 0. The van der Waals surface area contributed by atoms with Gasteiger partial charge in [-0.05, 0) is 36.4 Å². The summed E-state index contributed by atoms with van der Waals surface area (Å²) in [7, 11) is 0. The van der Waals surface area contributed by atoms with E-state index in [2.05, 4.69) is 10.6 Å². The third-order valence-corrected chi connectivity index (χ3v) is 2.61. The van der Waals surface area contributed by atoms with E-state index in [9.17, 15) is 14.7 Å². The Labute approximate surface area is 116 Å². The van der Waals surface area contributed by atoms with Crippen LogP contribution in [0.5, 0.6) is 5.75 Å². The lowest BCUT2D eigenvalue weighted by atomic mass is 10.2. The van der Waals surface area contributed by atoms with Crippen molar-refractivity contribution in [1.82, 2.24) is 0 Å². The highest BCUT2D eigenvalue weighted by molar-refractivity contribution is 6.06. The van der Waals surface area contributed by atoms with Crippen LogP contribution >= 0.6 is 0 Å². The minimum atomic E-state index is -0.393. The fourth-order valence-electron chi connectivity index (χ4n) is 1.70. The number of aromatic hydroxyl groups is 1. The number of rotatable bonds is 3. The van der Waals surface area contributed by atoms with Crippen molar-refractivity contribution in [2.24, 2.45) is 0 Å². The van der Waals surface area contributed by atoms with Crippen molar-refractivity contribution in [3.63, 3.8) is 0 Å². The Morgan fingerprint density at radius 1 is 0.900 bits per heavy atom. The van der Waals surface area contributed by atoms with Crippen LogP contribution in [0.15, 0.2) is 48.5 Å². The molecular formula is C15H14N2O3. The SMILES string of the molecule is CC(=O)Nc1ccc(NC(=O)c2ccccc2O)cc1. The molecule has 20 heavy (non-hydrogen) atoms. The lowest BCUT2D eigenvalue weighted by molar-refractivity contribution is -0.114. The van der Waals surface area contributed by atoms with Gasteiger partial charge in [0.05, 0.1) is 5.56 Å². The van der Waals surface area contributed by atoms with Crippen LogP contribution in [0.1, 0.15) is 17.3 Å². The zero-order valence-electron chi connectivity index (χ0n) is 10.9. The Balaban J connectivity index is 2.09. The van der Waals surface area contributed by atoms with E-state index in [4.69, 9.17) is 0 Å². The summed E-state index contributed by atoms with van der Waals surface area (Å²) in [6, 6.07) is 13.0. The van der Waals surface area contributed by atoms with Crippen molar-refractivity contribution in [1.29, 1.82) is 0 Å². The lowest BCUT2D eigenvalue weighted by Gasteiger charge is -2.08. The summed E-state index contributed by atoms with van der Waals surface area (Å²) in [5.41, 5.74) is 1.43. The molecule has 0 aromatic heterocycles. The van der Waals surface area contributed by atoms with Crippen LogP contribution in [-0.4, -0.2) is 16.9 Å².